The maximum absolute atomic E-state index is 2.23. The Morgan fingerprint density at radius 3 is 2.50 bits per heavy atom. The molecule has 0 aliphatic carbocycles. The second-order valence-corrected chi connectivity index (χ2v) is 4.54. The van der Waals surface area contributed by atoms with Gasteiger partial charge in [0.25, 0.3) is 0 Å². The van der Waals surface area contributed by atoms with E-state index in [0.717, 1.165) is 6.42 Å². The van der Waals surface area contributed by atoms with Gasteiger partial charge < -0.3 is 0 Å². The first-order valence-electron chi connectivity index (χ1n) is 6.47. The van der Waals surface area contributed by atoms with Crippen LogP contribution in [0.2, 0.25) is 0 Å². The molecule has 3 aromatic rings. The van der Waals surface area contributed by atoms with Gasteiger partial charge in [0, 0.05) is 0 Å². The van der Waals surface area contributed by atoms with Crippen LogP contribution in [0.4, 0.5) is 0 Å². The highest BCUT2D eigenvalue weighted by Crippen LogP contribution is 2.28. The van der Waals surface area contributed by atoms with E-state index >= 15 is 0 Å². The number of hydrogen-bond acceptors (Lipinski definition) is 0. The first-order valence-corrected chi connectivity index (χ1v) is 6.47. The van der Waals surface area contributed by atoms with Gasteiger partial charge in [-0.3, -0.25) is 0 Å². The molecule has 0 heteroatoms. The van der Waals surface area contributed by atoms with Gasteiger partial charge in [-0.05, 0) is 33.5 Å². The maximum atomic E-state index is 2.23. The van der Waals surface area contributed by atoms with E-state index < -0.39 is 0 Å². The van der Waals surface area contributed by atoms with Crippen molar-refractivity contribution >= 4 is 27.6 Å². The van der Waals surface area contributed by atoms with Crippen LogP contribution in [-0.4, -0.2) is 0 Å². The summed E-state index contributed by atoms with van der Waals surface area (Å²) in [6, 6.07) is 19.5. The molecule has 18 heavy (non-hydrogen) atoms. The van der Waals surface area contributed by atoms with E-state index in [1.165, 1.54) is 27.1 Å². The summed E-state index contributed by atoms with van der Waals surface area (Å²) < 4.78 is 0. The highest BCUT2D eigenvalue weighted by Gasteiger charge is 2.01. The predicted molar refractivity (Wildman–Crippen MR) is 80.8 cm³/mol. The van der Waals surface area contributed by atoms with E-state index in [2.05, 4.69) is 73.7 Å². The van der Waals surface area contributed by atoms with Crippen LogP contribution in [0, 0.1) is 0 Å². The van der Waals surface area contributed by atoms with Gasteiger partial charge in [0.15, 0.2) is 0 Å². The molecule has 0 nitrogen and oxygen atoms in total. The molecule has 0 amide bonds. The highest BCUT2D eigenvalue weighted by atomic mass is 14.1. The van der Waals surface area contributed by atoms with Gasteiger partial charge in [-0.1, -0.05) is 73.7 Å². The zero-order chi connectivity index (χ0) is 12.4. The molecule has 0 aromatic heterocycles. The van der Waals surface area contributed by atoms with Crippen molar-refractivity contribution in [2.24, 2.45) is 0 Å². The second kappa shape index (κ2) is 4.66. The quantitative estimate of drug-likeness (QED) is 0.518. The molecule has 0 aliphatic heterocycles. The van der Waals surface area contributed by atoms with Gasteiger partial charge in [-0.2, -0.15) is 0 Å². The maximum Gasteiger partial charge on any atom is -0.00994 e. The summed E-state index contributed by atoms with van der Waals surface area (Å²) in [4.78, 5) is 0. The van der Waals surface area contributed by atoms with E-state index in [0.29, 0.717) is 0 Å². The summed E-state index contributed by atoms with van der Waals surface area (Å²) >= 11 is 0. The number of allylic oxidation sites excluding steroid dienone is 1. The fourth-order valence-corrected chi connectivity index (χ4v) is 2.45. The van der Waals surface area contributed by atoms with Crippen molar-refractivity contribution in [1.29, 1.82) is 0 Å². The predicted octanol–water partition coefficient (Wildman–Crippen LogP) is 5.42. The molecule has 0 unspecified atom stereocenters. The normalized spacial score (nSPS) is 11.6. The minimum absolute atomic E-state index is 1.07. The Morgan fingerprint density at radius 2 is 1.61 bits per heavy atom. The Bertz CT molecular complexity index is 720. The second-order valence-electron chi connectivity index (χ2n) is 4.54. The summed E-state index contributed by atoms with van der Waals surface area (Å²) in [6.07, 6.45) is 5.50. The highest BCUT2D eigenvalue weighted by molar-refractivity contribution is 6.09. The molecule has 88 valence electrons. The van der Waals surface area contributed by atoms with Crippen LogP contribution in [0.15, 0.2) is 60.7 Å². The average Bonchev–Trinajstić information content (AvgIpc) is 2.44. The van der Waals surface area contributed by atoms with Crippen LogP contribution >= 0.6 is 0 Å². The van der Waals surface area contributed by atoms with Crippen LogP contribution in [0.3, 0.4) is 0 Å². The minimum Gasteiger partial charge on any atom is -0.0842 e. The van der Waals surface area contributed by atoms with Gasteiger partial charge >= 0.3 is 0 Å². The molecule has 0 fully saturated rings. The smallest absolute Gasteiger partial charge is 0.00994 e. The third-order valence-electron chi connectivity index (χ3n) is 3.35. The number of benzene rings is 3. The lowest BCUT2D eigenvalue weighted by Gasteiger charge is -2.06. The minimum atomic E-state index is 1.07. The van der Waals surface area contributed by atoms with Crippen LogP contribution in [0.25, 0.3) is 27.6 Å². The molecule has 0 heterocycles. The van der Waals surface area contributed by atoms with Crippen LogP contribution < -0.4 is 0 Å². The van der Waals surface area contributed by atoms with E-state index in [-0.39, 0.29) is 0 Å². The van der Waals surface area contributed by atoms with Crippen LogP contribution in [0.1, 0.15) is 18.9 Å². The van der Waals surface area contributed by atoms with Crippen LogP contribution in [0.5, 0.6) is 0 Å². The molecule has 0 N–H and O–H groups in total. The molecule has 0 saturated heterocycles. The fourth-order valence-electron chi connectivity index (χ4n) is 2.45. The Labute approximate surface area is 108 Å². The largest absolute Gasteiger partial charge is 0.0842 e. The lowest BCUT2D eigenvalue weighted by Crippen LogP contribution is -1.81. The molecule has 0 atom stereocenters. The first-order chi connectivity index (χ1) is 8.90. The number of rotatable bonds is 2. The summed E-state index contributed by atoms with van der Waals surface area (Å²) in [5.74, 6) is 0. The Morgan fingerprint density at radius 1 is 0.778 bits per heavy atom. The Hall–Kier alpha value is -2.08. The monoisotopic (exact) mass is 232 g/mol. The van der Waals surface area contributed by atoms with Crippen molar-refractivity contribution in [1.82, 2.24) is 0 Å². The zero-order valence-corrected chi connectivity index (χ0v) is 10.6. The van der Waals surface area contributed by atoms with Gasteiger partial charge in [0.2, 0.25) is 0 Å². The van der Waals surface area contributed by atoms with Crippen molar-refractivity contribution in [3.05, 3.63) is 66.2 Å². The van der Waals surface area contributed by atoms with Gasteiger partial charge in [0.1, 0.15) is 0 Å². The third-order valence-corrected chi connectivity index (χ3v) is 3.35. The number of fused-ring (bicyclic) bond motifs is 3. The first kappa shape index (κ1) is 11.0. The molecular weight excluding hydrogens is 216 g/mol. The summed E-state index contributed by atoms with van der Waals surface area (Å²) in [5.41, 5.74) is 1.31. The molecule has 0 aliphatic rings. The Kier molecular flexibility index (Phi) is 2.85. The summed E-state index contributed by atoms with van der Waals surface area (Å²) in [6.45, 7) is 2.16. The third kappa shape index (κ3) is 1.80. The van der Waals surface area contributed by atoms with E-state index in [1.54, 1.807) is 0 Å². The van der Waals surface area contributed by atoms with Gasteiger partial charge in [0.05, 0.1) is 0 Å². The van der Waals surface area contributed by atoms with Crippen molar-refractivity contribution in [3.63, 3.8) is 0 Å². The van der Waals surface area contributed by atoms with Gasteiger partial charge in [-0.25, -0.2) is 0 Å². The van der Waals surface area contributed by atoms with Crippen molar-refractivity contribution in [3.8, 4) is 0 Å². The standard InChI is InChI=1S/C18H16/c1-2-3-7-14-9-6-11-18-16-10-5-4-8-15(16)12-13-17(14)18/h3-13H,2H2,1H3. The van der Waals surface area contributed by atoms with Crippen molar-refractivity contribution in [2.75, 3.05) is 0 Å². The topological polar surface area (TPSA) is 0 Å². The Balaban J connectivity index is 2.36. The fraction of sp³-hybridized carbons (Fsp3) is 0.111. The zero-order valence-electron chi connectivity index (χ0n) is 10.6. The average molecular weight is 232 g/mol. The molecule has 0 spiro atoms. The molecule has 3 aromatic carbocycles. The lowest BCUT2D eigenvalue weighted by molar-refractivity contribution is 1.23. The van der Waals surface area contributed by atoms with E-state index in [9.17, 15) is 0 Å². The van der Waals surface area contributed by atoms with E-state index in [1.807, 2.05) is 0 Å². The summed E-state index contributed by atoms with van der Waals surface area (Å²) in [7, 11) is 0. The number of hydrogen-bond donors (Lipinski definition) is 0. The van der Waals surface area contributed by atoms with Crippen molar-refractivity contribution in [2.45, 2.75) is 13.3 Å². The van der Waals surface area contributed by atoms with E-state index in [4.69, 9.17) is 0 Å². The molecular formula is C18H16. The van der Waals surface area contributed by atoms with Crippen LogP contribution in [-0.2, 0) is 0 Å². The molecule has 0 radical (unpaired) electrons. The molecule has 3 rings (SSSR count). The van der Waals surface area contributed by atoms with Crippen molar-refractivity contribution < 1.29 is 0 Å². The SMILES string of the molecule is CCC=Cc1cccc2c1ccc1ccccc12. The summed E-state index contributed by atoms with van der Waals surface area (Å²) in [5, 5.41) is 5.32. The molecule has 0 saturated carbocycles. The van der Waals surface area contributed by atoms with Gasteiger partial charge in [-0.15, -0.1) is 0 Å². The lowest BCUT2D eigenvalue weighted by atomic mass is 9.98. The molecule has 0 bridgehead atoms.